The first-order valence-corrected chi connectivity index (χ1v) is 7.38. The number of nitro groups is 1. The molecule has 0 radical (unpaired) electrons. The van der Waals surface area contributed by atoms with Gasteiger partial charge in [0.15, 0.2) is 5.69 Å². The van der Waals surface area contributed by atoms with Crippen LogP contribution in [0.4, 0.5) is 5.69 Å². The summed E-state index contributed by atoms with van der Waals surface area (Å²) in [6, 6.07) is 8.14. The maximum atomic E-state index is 12.5. The zero-order chi connectivity index (χ0) is 16.4. The van der Waals surface area contributed by atoms with E-state index in [1.165, 1.54) is 10.7 Å². The molecule has 0 saturated carbocycles. The lowest BCUT2D eigenvalue weighted by Gasteiger charge is -2.31. The highest BCUT2D eigenvalue weighted by atomic mass is 16.6. The van der Waals surface area contributed by atoms with Crippen LogP contribution >= 0.6 is 0 Å². The number of hydrogen-bond acceptors (Lipinski definition) is 5. The maximum absolute atomic E-state index is 12.5. The van der Waals surface area contributed by atoms with E-state index in [4.69, 9.17) is 0 Å². The highest BCUT2D eigenvalue weighted by molar-refractivity contribution is 5.92. The number of amides is 1. The fourth-order valence-electron chi connectivity index (χ4n) is 2.66. The molecule has 0 bridgehead atoms. The van der Waals surface area contributed by atoms with Crippen molar-refractivity contribution in [3.05, 3.63) is 52.3 Å². The number of aromatic nitrogens is 2. The third-order valence-corrected chi connectivity index (χ3v) is 3.79. The van der Waals surface area contributed by atoms with Crippen LogP contribution in [0.25, 0.3) is 5.69 Å². The number of rotatable bonds is 3. The van der Waals surface area contributed by atoms with Gasteiger partial charge in [-0.2, -0.15) is 5.10 Å². The summed E-state index contributed by atoms with van der Waals surface area (Å²) >= 11 is 0. The number of para-hydroxylation sites is 2. The monoisotopic (exact) mass is 315 g/mol. The Balaban J connectivity index is 1.86. The minimum Gasteiger partial charge on any atom is -0.334 e. The standard InChI is InChI=1S/C15H17N5O3/c1-11-10-18(9-7-16-11)15(21)12-6-8-19(17-12)13-4-2-3-5-14(13)20(22)23/h2-6,8,11,16H,7,9-10H2,1H3/t11-/m1/s1. The van der Waals surface area contributed by atoms with Crippen molar-refractivity contribution in [1.29, 1.82) is 0 Å². The van der Waals surface area contributed by atoms with E-state index < -0.39 is 4.92 Å². The molecule has 0 aliphatic carbocycles. The largest absolute Gasteiger partial charge is 0.334 e. The van der Waals surface area contributed by atoms with E-state index in [1.807, 2.05) is 6.92 Å². The Hall–Kier alpha value is -2.74. The predicted molar refractivity (Wildman–Crippen MR) is 83.6 cm³/mol. The second-order valence-electron chi connectivity index (χ2n) is 5.50. The zero-order valence-electron chi connectivity index (χ0n) is 12.7. The van der Waals surface area contributed by atoms with Crippen molar-refractivity contribution in [2.75, 3.05) is 19.6 Å². The van der Waals surface area contributed by atoms with Gasteiger partial charge in [0.1, 0.15) is 5.69 Å². The highest BCUT2D eigenvalue weighted by Crippen LogP contribution is 2.21. The quantitative estimate of drug-likeness (QED) is 0.679. The molecule has 1 aliphatic rings. The number of nitrogens with one attached hydrogen (secondary N) is 1. The van der Waals surface area contributed by atoms with E-state index in [9.17, 15) is 14.9 Å². The van der Waals surface area contributed by atoms with Gasteiger partial charge in [0, 0.05) is 37.9 Å². The summed E-state index contributed by atoms with van der Waals surface area (Å²) in [6.07, 6.45) is 1.57. The van der Waals surface area contributed by atoms with Crippen LogP contribution in [-0.2, 0) is 0 Å². The number of nitrogens with zero attached hydrogens (tertiary/aromatic N) is 4. The van der Waals surface area contributed by atoms with Crippen molar-refractivity contribution in [3.63, 3.8) is 0 Å². The Morgan fingerprint density at radius 1 is 1.39 bits per heavy atom. The molecule has 1 fully saturated rings. The molecular weight excluding hydrogens is 298 g/mol. The van der Waals surface area contributed by atoms with Gasteiger partial charge in [-0.1, -0.05) is 12.1 Å². The van der Waals surface area contributed by atoms with Crippen LogP contribution in [0.5, 0.6) is 0 Å². The molecule has 1 aromatic carbocycles. The predicted octanol–water partition coefficient (Wildman–Crippen LogP) is 1.21. The fourth-order valence-corrected chi connectivity index (χ4v) is 2.66. The zero-order valence-corrected chi connectivity index (χ0v) is 12.7. The summed E-state index contributed by atoms with van der Waals surface area (Å²) in [5.74, 6) is -0.157. The van der Waals surface area contributed by atoms with Gasteiger partial charge in [-0.15, -0.1) is 0 Å². The Morgan fingerprint density at radius 3 is 2.91 bits per heavy atom. The van der Waals surface area contributed by atoms with E-state index >= 15 is 0 Å². The summed E-state index contributed by atoms with van der Waals surface area (Å²) in [5, 5.41) is 18.6. The van der Waals surface area contributed by atoms with Crippen LogP contribution < -0.4 is 5.32 Å². The van der Waals surface area contributed by atoms with E-state index in [0.29, 0.717) is 18.8 Å². The van der Waals surface area contributed by atoms with E-state index in [2.05, 4.69) is 10.4 Å². The lowest BCUT2D eigenvalue weighted by Crippen LogP contribution is -2.51. The second-order valence-corrected chi connectivity index (χ2v) is 5.50. The lowest BCUT2D eigenvalue weighted by atomic mass is 10.2. The molecule has 8 nitrogen and oxygen atoms in total. The first-order chi connectivity index (χ1) is 11.1. The van der Waals surface area contributed by atoms with Crippen molar-refractivity contribution in [2.45, 2.75) is 13.0 Å². The van der Waals surface area contributed by atoms with Crippen LogP contribution in [0.15, 0.2) is 36.5 Å². The normalized spacial score (nSPS) is 18.0. The Bertz CT molecular complexity index is 742. The molecule has 3 rings (SSSR count). The highest BCUT2D eigenvalue weighted by Gasteiger charge is 2.24. The molecule has 1 saturated heterocycles. The van der Waals surface area contributed by atoms with Gasteiger partial charge in [-0.25, -0.2) is 4.68 Å². The van der Waals surface area contributed by atoms with Crippen LogP contribution in [0.2, 0.25) is 0 Å². The first-order valence-electron chi connectivity index (χ1n) is 7.38. The van der Waals surface area contributed by atoms with E-state index in [-0.39, 0.29) is 23.3 Å². The van der Waals surface area contributed by atoms with Gasteiger partial charge in [0.05, 0.1) is 4.92 Å². The van der Waals surface area contributed by atoms with Gasteiger partial charge in [0.2, 0.25) is 0 Å². The molecule has 8 heteroatoms. The third-order valence-electron chi connectivity index (χ3n) is 3.79. The molecule has 1 N–H and O–H groups in total. The van der Waals surface area contributed by atoms with Gasteiger partial charge in [0.25, 0.3) is 11.6 Å². The summed E-state index contributed by atoms with van der Waals surface area (Å²) in [4.78, 5) is 24.9. The van der Waals surface area contributed by atoms with Gasteiger partial charge < -0.3 is 10.2 Å². The molecule has 2 aromatic rings. The number of carbonyl (C=O) groups is 1. The fraction of sp³-hybridized carbons (Fsp3) is 0.333. The Morgan fingerprint density at radius 2 is 2.17 bits per heavy atom. The number of piperazine rings is 1. The van der Waals surface area contributed by atoms with Gasteiger partial charge in [-0.05, 0) is 19.1 Å². The minimum absolute atomic E-state index is 0.0506. The van der Waals surface area contributed by atoms with Crippen molar-refractivity contribution in [1.82, 2.24) is 20.0 Å². The second kappa shape index (κ2) is 6.17. The molecule has 2 heterocycles. The van der Waals surface area contributed by atoms with E-state index in [1.54, 1.807) is 35.4 Å². The van der Waals surface area contributed by atoms with E-state index in [0.717, 1.165) is 6.54 Å². The molecule has 0 spiro atoms. The Labute approximate surface area is 132 Å². The number of benzene rings is 1. The first kappa shape index (κ1) is 15.2. The van der Waals surface area contributed by atoms with Crippen LogP contribution in [-0.4, -0.2) is 51.2 Å². The summed E-state index contributed by atoms with van der Waals surface area (Å²) in [7, 11) is 0. The molecule has 0 unspecified atom stereocenters. The Kier molecular flexibility index (Phi) is 4.07. The molecule has 1 aliphatic heterocycles. The molecule has 1 aromatic heterocycles. The van der Waals surface area contributed by atoms with Crippen molar-refractivity contribution in [2.24, 2.45) is 0 Å². The smallest absolute Gasteiger partial charge is 0.294 e. The summed E-state index contributed by atoms with van der Waals surface area (Å²) in [5.41, 5.74) is 0.577. The van der Waals surface area contributed by atoms with Crippen molar-refractivity contribution in [3.8, 4) is 5.69 Å². The molecule has 120 valence electrons. The minimum atomic E-state index is -0.462. The third kappa shape index (κ3) is 3.07. The maximum Gasteiger partial charge on any atom is 0.294 e. The SMILES string of the molecule is C[C@@H]1CN(C(=O)c2ccn(-c3ccccc3[N+](=O)[O-])n2)CCN1. The van der Waals surface area contributed by atoms with Crippen molar-refractivity contribution >= 4 is 11.6 Å². The van der Waals surface area contributed by atoms with Crippen LogP contribution in [0.3, 0.4) is 0 Å². The molecular formula is C15H17N5O3. The lowest BCUT2D eigenvalue weighted by molar-refractivity contribution is -0.384. The average molecular weight is 315 g/mol. The molecule has 1 amide bonds. The van der Waals surface area contributed by atoms with Crippen LogP contribution in [0, 0.1) is 10.1 Å². The molecule has 1 atom stereocenters. The van der Waals surface area contributed by atoms with Gasteiger partial charge >= 0.3 is 0 Å². The number of carbonyl (C=O) groups excluding carboxylic acids is 1. The summed E-state index contributed by atoms with van der Waals surface area (Å²) in [6.45, 7) is 4.02. The number of nitro benzene ring substituents is 1. The van der Waals surface area contributed by atoms with Crippen molar-refractivity contribution < 1.29 is 9.72 Å². The average Bonchev–Trinajstić information content (AvgIpc) is 3.04. The topological polar surface area (TPSA) is 93.3 Å². The summed E-state index contributed by atoms with van der Waals surface area (Å²) < 4.78 is 1.37. The van der Waals surface area contributed by atoms with Crippen LogP contribution in [0.1, 0.15) is 17.4 Å². The van der Waals surface area contributed by atoms with Gasteiger partial charge in [-0.3, -0.25) is 14.9 Å². The number of hydrogen-bond donors (Lipinski definition) is 1. The molecule has 23 heavy (non-hydrogen) atoms.